The van der Waals surface area contributed by atoms with Gasteiger partial charge in [0.15, 0.2) is 0 Å². The summed E-state index contributed by atoms with van der Waals surface area (Å²) in [5.74, 6) is 1.09. The number of halogens is 1. The third-order valence-corrected chi connectivity index (χ3v) is 6.51. The molecule has 0 amide bonds. The summed E-state index contributed by atoms with van der Waals surface area (Å²) in [6.45, 7) is 5.03. The quantitative estimate of drug-likeness (QED) is 0.288. The minimum atomic E-state index is 0.387. The second kappa shape index (κ2) is 11.1. The first-order valence-electron chi connectivity index (χ1n) is 12.3. The van der Waals surface area contributed by atoms with Gasteiger partial charge in [-0.3, -0.25) is 9.88 Å². The molecule has 5 aromatic rings. The molecule has 38 heavy (non-hydrogen) atoms. The monoisotopic (exact) mass is 528 g/mol. The van der Waals surface area contributed by atoms with E-state index in [9.17, 15) is 0 Å². The molecule has 3 aromatic heterocycles. The zero-order chi connectivity index (χ0) is 25.7. The molecule has 0 atom stereocenters. The first-order chi connectivity index (χ1) is 18.7. The fraction of sp³-hybridized carbons (Fsp3) is 0.222. The summed E-state index contributed by atoms with van der Waals surface area (Å²) in [7, 11) is 0. The lowest BCUT2D eigenvalue weighted by atomic mass is 10.0. The van der Waals surface area contributed by atoms with Crippen LogP contribution in [0.5, 0.6) is 0 Å². The van der Waals surface area contributed by atoms with Gasteiger partial charge in [0.1, 0.15) is 12.1 Å². The number of fused-ring (bicyclic) bond motifs is 1. The standard InChI is InChI=1S/C27H25ClN8O2/c28-21-2-1-3-22(14-21)33-25-23-13-18(4-5-24(23)31-17-32-25)19-12-20(16-29-15-19)26-34-35-27(38-26)30-6-7-36-8-10-37-11-9-36/h1-5,12-17H,6-11H2,(H,30,35)(H,31,32,33). The molecule has 2 aromatic carbocycles. The number of anilines is 3. The number of rotatable bonds is 8. The topological polar surface area (TPSA) is 114 Å². The average Bonchev–Trinajstić information content (AvgIpc) is 3.43. The van der Waals surface area contributed by atoms with Crippen LogP contribution in [0.1, 0.15) is 0 Å². The summed E-state index contributed by atoms with van der Waals surface area (Å²) in [6, 6.07) is 15.9. The molecule has 6 rings (SSSR count). The van der Waals surface area contributed by atoms with Crippen molar-refractivity contribution in [2.24, 2.45) is 0 Å². The van der Waals surface area contributed by atoms with Crippen molar-refractivity contribution in [3.63, 3.8) is 0 Å². The highest BCUT2D eigenvalue weighted by Crippen LogP contribution is 2.30. The maximum absolute atomic E-state index is 6.15. The van der Waals surface area contributed by atoms with Crippen molar-refractivity contribution in [1.29, 1.82) is 0 Å². The number of aromatic nitrogens is 5. The third kappa shape index (κ3) is 5.57. The summed E-state index contributed by atoms with van der Waals surface area (Å²) in [5.41, 5.74) is 4.26. The Kier molecular flexibility index (Phi) is 7.07. The normalized spacial score (nSPS) is 14.0. The van der Waals surface area contributed by atoms with E-state index < -0.39 is 0 Å². The van der Waals surface area contributed by atoms with Gasteiger partial charge in [-0.2, -0.15) is 0 Å². The zero-order valence-corrected chi connectivity index (χ0v) is 21.2. The number of pyridine rings is 1. The van der Waals surface area contributed by atoms with Crippen LogP contribution in [0, 0.1) is 0 Å². The van der Waals surface area contributed by atoms with Gasteiger partial charge in [0.05, 0.1) is 24.3 Å². The van der Waals surface area contributed by atoms with Crippen molar-refractivity contribution in [3.05, 3.63) is 72.3 Å². The number of hydrogen-bond donors (Lipinski definition) is 2. The van der Waals surface area contributed by atoms with Gasteiger partial charge < -0.3 is 19.8 Å². The first kappa shape index (κ1) is 24.2. The molecule has 0 spiro atoms. The highest BCUT2D eigenvalue weighted by molar-refractivity contribution is 6.30. The van der Waals surface area contributed by atoms with Gasteiger partial charge in [0.25, 0.3) is 5.89 Å². The highest BCUT2D eigenvalue weighted by Gasteiger charge is 2.13. The number of benzene rings is 2. The highest BCUT2D eigenvalue weighted by atomic mass is 35.5. The fourth-order valence-electron chi connectivity index (χ4n) is 4.31. The van der Waals surface area contributed by atoms with Gasteiger partial charge in [-0.15, -0.1) is 5.10 Å². The Labute approximate surface area is 224 Å². The Hall–Kier alpha value is -4.12. The van der Waals surface area contributed by atoms with Crippen LogP contribution in [-0.4, -0.2) is 69.4 Å². The van der Waals surface area contributed by atoms with Gasteiger partial charge in [0, 0.05) is 60.2 Å². The molecule has 1 fully saturated rings. The Morgan fingerprint density at radius 1 is 0.921 bits per heavy atom. The summed E-state index contributed by atoms with van der Waals surface area (Å²) in [6.07, 6.45) is 5.06. The molecular weight excluding hydrogens is 504 g/mol. The lowest BCUT2D eigenvalue weighted by Gasteiger charge is -2.26. The lowest BCUT2D eigenvalue weighted by molar-refractivity contribution is 0.0398. The predicted molar refractivity (Wildman–Crippen MR) is 147 cm³/mol. The minimum absolute atomic E-state index is 0.387. The van der Waals surface area contributed by atoms with Crippen molar-refractivity contribution >= 4 is 40.0 Å². The Bertz CT molecular complexity index is 1550. The van der Waals surface area contributed by atoms with Gasteiger partial charge in [-0.1, -0.05) is 28.8 Å². The maximum atomic E-state index is 6.15. The van der Waals surface area contributed by atoms with E-state index in [2.05, 4.69) is 40.7 Å². The molecule has 11 heteroatoms. The maximum Gasteiger partial charge on any atom is 0.315 e. The number of ether oxygens (including phenoxy) is 1. The Balaban J connectivity index is 1.21. The molecule has 1 aliphatic heterocycles. The van der Waals surface area contributed by atoms with Crippen LogP contribution in [0.3, 0.4) is 0 Å². The summed E-state index contributed by atoms with van der Waals surface area (Å²) >= 11 is 6.15. The molecule has 1 aliphatic rings. The van der Waals surface area contributed by atoms with Gasteiger partial charge in [-0.05, 0) is 42.0 Å². The number of nitrogens with zero attached hydrogens (tertiary/aromatic N) is 6. The third-order valence-electron chi connectivity index (χ3n) is 6.27. The predicted octanol–water partition coefficient (Wildman–Crippen LogP) is 4.88. The number of morpholine rings is 1. The molecular formula is C27H25ClN8O2. The molecule has 0 saturated carbocycles. The van der Waals surface area contributed by atoms with Crippen LogP contribution in [0.25, 0.3) is 33.5 Å². The smallest absolute Gasteiger partial charge is 0.315 e. The van der Waals surface area contributed by atoms with E-state index in [0.29, 0.717) is 29.3 Å². The van der Waals surface area contributed by atoms with Crippen molar-refractivity contribution in [3.8, 4) is 22.6 Å². The summed E-state index contributed by atoms with van der Waals surface area (Å²) in [4.78, 5) is 15.6. The van der Waals surface area contributed by atoms with Crippen LogP contribution < -0.4 is 10.6 Å². The second-order valence-electron chi connectivity index (χ2n) is 8.84. The van der Waals surface area contributed by atoms with Crippen LogP contribution in [0.15, 0.2) is 71.7 Å². The molecule has 0 radical (unpaired) electrons. The number of nitrogens with one attached hydrogen (secondary N) is 2. The SMILES string of the molecule is Clc1cccc(Nc2ncnc3ccc(-c4cncc(-c5nnc(NCCN6CCOCC6)o5)c4)cc23)c1. The average molecular weight is 529 g/mol. The van der Waals surface area contributed by atoms with Crippen molar-refractivity contribution in [2.75, 3.05) is 50.0 Å². The van der Waals surface area contributed by atoms with Gasteiger partial charge >= 0.3 is 6.01 Å². The fourth-order valence-corrected chi connectivity index (χ4v) is 4.50. The van der Waals surface area contributed by atoms with E-state index in [1.807, 2.05) is 48.5 Å². The second-order valence-corrected chi connectivity index (χ2v) is 9.28. The molecule has 192 valence electrons. The van der Waals surface area contributed by atoms with Crippen molar-refractivity contribution in [1.82, 2.24) is 30.0 Å². The molecule has 10 nitrogen and oxygen atoms in total. The Morgan fingerprint density at radius 2 is 1.82 bits per heavy atom. The van der Waals surface area contributed by atoms with Gasteiger partial charge in [-0.25, -0.2) is 9.97 Å². The number of hydrogen-bond acceptors (Lipinski definition) is 10. The molecule has 0 aliphatic carbocycles. The lowest BCUT2D eigenvalue weighted by Crippen LogP contribution is -2.39. The van der Waals surface area contributed by atoms with E-state index in [1.54, 1.807) is 18.7 Å². The van der Waals surface area contributed by atoms with E-state index >= 15 is 0 Å². The molecule has 0 unspecified atom stereocenters. The largest absolute Gasteiger partial charge is 0.403 e. The van der Waals surface area contributed by atoms with Crippen LogP contribution in [0.2, 0.25) is 5.02 Å². The van der Waals surface area contributed by atoms with Crippen molar-refractivity contribution in [2.45, 2.75) is 0 Å². The van der Waals surface area contributed by atoms with Gasteiger partial charge in [0.2, 0.25) is 0 Å². The van der Waals surface area contributed by atoms with E-state index in [4.69, 9.17) is 20.8 Å². The van der Waals surface area contributed by atoms with E-state index in [-0.39, 0.29) is 0 Å². The van der Waals surface area contributed by atoms with E-state index in [1.165, 1.54) is 0 Å². The van der Waals surface area contributed by atoms with Crippen molar-refractivity contribution < 1.29 is 9.15 Å². The summed E-state index contributed by atoms with van der Waals surface area (Å²) < 4.78 is 11.2. The first-order valence-corrected chi connectivity index (χ1v) is 12.7. The summed E-state index contributed by atoms with van der Waals surface area (Å²) in [5, 5.41) is 16.4. The molecule has 0 bridgehead atoms. The molecule has 4 heterocycles. The Morgan fingerprint density at radius 3 is 2.71 bits per heavy atom. The zero-order valence-electron chi connectivity index (χ0n) is 20.5. The minimum Gasteiger partial charge on any atom is -0.403 e. The van der Waals surface area contributed by atoms with E-state index in [0.717, 1.165) is 66.1 Å². The van der Waals surface area contributed by atoms with Crippen LogP contribution in [0.4, 0.5) is 17.5 Å². The van der Waals surface area contributed by atoms with Crippen LogP contribution >= 0.6 is 11.6 Å². The molecule has 1 saturated heterocycles. The van der Waals surface area contributed by atoms with Crippen LogP contribution in [-0.2, 0) is 4.74 Å². The molecule has 2 N–H and O–H groups in total.